The smallest absolute Gasteiger partial charge is 0.255 e. The first-order chi connectivity index (χ1) is 17.0. The van der Waals surface area contributed by atoms with E-state index in [0.717, 1.165) is 32.4 Å². The zero-order chi connectivity index (χ0) is 24.6. The molecule has 0 unspecified atom stereocenters. The lowest BCUT2D eigenvalue weighted by Crippen LogP contribution is -2.44. The van der Waals surface area contributed by atoms with Crippen LogP contribution in [0.5, 0.6) is 0 Å². The summed E-state index contributed by atoms with van der Waals surface area (Å²) in [5, 5.41) is 9.76. The molecule has 3 N–H and O–H groups in total. The molecule has 0 spiro atoms. The van der Waals surface area contributed by atoms with Gasteiger partial charge in [0, 0.05) is 61.8 Å². The van der Waals surface area contributed by atoms with Gasteiger partial charge in [0.2, 0.25) is 0 Å². The van der Waals surface area contributed by atoms with E-state index in [1.54, 1.807) is 42.7 Å². The first-order valence-corrected chi connectivity index (χ1v) is 11.2. The maximum absolute atomic E-state index is 14.7. The van der Waals surface area contributed by atoms with Gasteiger partial charge < -0.3 is 20.6 Å². The lowest BCUT2D eigenvalue weighted by atomic mass is 10.1. The molecule has 3 aromatic rings. The molecular weight excluding hydrogens is 445 g/mol. The van der Waals surface area contributed by atoms with E-state index in [0.29, 0.717) is 34.9 Å². The van der Waals surface area contributed by atoms with E-state index in [9.17, 15) is 9.18 Å². The van der Waals surface area contributed by atoms with E-state index in [1.165, 1.54) is 12.3 Å². The third-order valence-corrected chi connectivity index (χ3v) is 5.59. The molecule has 4 rings (SSSR count). The number of anilines is 1. The molecule has 1 fully saturated rings. The normalized spacial score (nSPS) is 14.5. The molecule has 1 saturated heterocycles. The monoisotopic (exact) mass is 471 g/mol. The van der Waals surface area contributed by atoms with Crippen molar-refractivity contribution in [3.63, 3.8) is 0 Å². The van der Waals surface area contributed by atoms with Gasteiger partial charge in [-0.1, -0.05) is 12.0 Å². The number of piperazine rings is 1. The quantitative estimate of drug-likeness (QED) is 0.379. The lowest BCUT2D eigenvalue weighted by Gasteiger charge is -2.32. The van der Waals surface area contributed by atoms with Gasteiger partial charge in [-0.05, 0) is 43.3 Å². The van der Waals surface area contributed by atoms with Crippen LogP contribution in [0.15, 0.2) is 48.9 Å². The van der Waals surface area contributed by atoms with E-state index in [-0.39, 0.29) is 11.4 Å². The van der Waals surface area contributed by atoms with Crippen molar-refractivity contribution in [1.82, 2.24) is 24.8 Å². The topological polar surface area (TPSA) is 101 Å². The van der Waals surface area contributed by atoms with Crippen molar-refractivity contribution in [2.24, 2.45) is 0 Å². The number of H-pyrrole nitrogens is 1. The molecule has 0 bridgehead atoms. The number of aromatic amines is 1. The number of carbonyl (C=O) groups is 1. The summed E-state index contributed by atoms with van der Waals surface area (Å²) in [7, 11) is 2.08. The van der Waals surface area contributed by atoms with Crippen molar-refractivity contribution < 1.29 is 9.18 Å². The summed E-state index contributed by atoms with van der Waals surface area (Å²) in [6, 6.07) is 6.30. The number of carbonyl (C=O) groups excluding carboxylic acids is 1. The van der Waals surface area contributed by atoms with Crippen LogP contribution in [0.1, 0.15) is 33.0 Å². The number of rotatable bonds is 6. The summed E-state index contributed by atoms with van der Waals surface area (Å²) in [5.74, 6) is 5.71. The van der Waals surface area contributed by atoms with Crippen molar-refractivity contribution in [2.45, 2.75) is 6.54 Å². The number of pyridine rings is 1. The van der Waals surface area contributed by atoms with E-state index < -0.39 is 5.91 Å². The Labute approximate surface area is 203 Å². The molecule has 1 aliphatic heterocycles. The zero-order valence-corrected chi connectivity index (χ0v) is 19.4. The van der Waals surface area contributed by atoms with Gasteiger partial charge in [0.15, 0.2) is 0 Å². The Morgan fingerprint density at radius 2 is 2.03 bits per heavy atom. The van der Waals surface area contributed by atoms with Crippen LogP contribution in [0.25, 0.3) is 6.08 Å². The minimum Gasteiger partial charge on any atom is -0.332 e. The molecule has 0 radical (unpaired) electrons. The second kappa shape index (κ2) is 11.3. The highest BCUT2D eigenvalue weighted by molar-refractivity contribution is 6.04. The summed E-state index contributed by atoms with van der Waals surface area (Å²) in [5.41, 5.74) is 2.49. The summed E-state index contributed by atoms with van der Waals surface area (Å²) < 4.78 is 14.7. The SMILES string of the molecule is CN1CCN(Cc2ccc(C(=O)Nc3cncc(C#Cc4cnc(/C=C\C=N)[nH]4)c3)cc2F)CC1. The highest BCUT2D eigenvalue weighted by atomic mass is 19.1. The molecule has 1 aromatic carbocycles. The van der Waals surface area contributed by atoms with Crippen LogP contribution in [-0.4, -0.2) is 70.1 Å². The molecule has 8 nitrogen and oxygen atoms in total. The highest BCUT2D eigenvalue weighted by Crippen LogP contribution is 2.16. The maximum Gasteiger partial charge on any atom is 0.255 e. The summed E-state index contributed by atoms with van der Waals surface area (Å²) in [4.78, 5) is 28.5. The van der Waals surface area contributed by atoms with Crippen LogP contribution < -0.4 is 5.32 Å². The largest absolute Gasteiger partial charge is 0.332 e. The van der Waals surface area contributed by atoms with Gasteiger partial charge in [0.1, 0.15) is 17.3 Å². The predicted molar refractivity (Wildman–Crippen MR) is 134 cm³/mol. The number of halogens is 1. The molecule has 0 saturated carbocycles. The molecule has 3 heterocycles. The van der Waals surface area contributed by atoms with Gasteiger partial charge in [0.25, 0.3) is 5.91 Å². The van der Waals surface area contributed by atoms with Crippen molar-refractivity contribution in [3.05, 3.63) is 83.0 Å². The Kier molecular flexibility index (Phi) is 7.77. The summed E-state index contributed by atoms with van der Waals surface area (Å²) >= 11 is 0. The zero-order valence-electron chi connectivity index (χ0n) is 19.4. The van der Waals surface area contributed by atoms with E-state index >= 15 is 0 Å². The molecule has 178 valence electrons. The lowest BCUT2D eigenvalue weighted by molar-refractivity contribution is 0.102. The molecule has 1 aliphatic rings. The number of nitrogens with zero attached hydrogens (tertiary/aromatic N) is 4. The van der Waals surface area contributed by atoms with Crippen molar-refractivity contribution in [3.8, 4) is 11.8 Å². The number of allylic oxidation sites excluding steroid dienone is 1. The van der Waals surface area contributed by atoms with Crippen LogP contribution in [0, 0.1) is 23.1 Å². The standard InChI is InChI=1S/C26H26FN7O/c1-33-9-11-34(12-10-33)18-21-6-5-20(14-24(21)27)26(35)32-23-13-19(15-29-16-23)4-7-22-17-30-25(31-22)3-2-8-28/h2-3,5-6,8,13-17,28H,9-12,18H2,1H3,(H,30,31)(H,32,35)/b3-2-,28-8?. The maximum atomic E-state index is 14.7. The number of aromatic nitrogens is 3. The van der Waals surface area contributed by atoms with Gasteiger partial charge in [-0.15, -0.1) is 0 Å². The molecule has 0 atom stereocenters. The Hall–Kier alpha value is -4.13. The first-order valence-electron chi connectivity index (χ1n) is 11.2. The summed E-state index contributed by atoms with van der Waals surface area (Å²) in [6.45, 7) is 4.25. The van der Waals surface area contributed by atoms with Gasteiger partial charge in [-0.3, -0.25) is 14.7 Å². The molecule has 0 aliphatic carbocycles. The third-order valence-electron chi connectivity index (χ3n) is 5.59. The van der Waals surface area contributed by atoms with Crippen LogP contribution in [-0.2, 0) is 6.54 Å². The Bertz CT molecular complexity index is 1300. The Morgan fingerprint density at radius 3 is 2.80 bits per heavy atom. The van der Waals surface area contributed by atoms with E-state index in [1.807, 2.05) is 0 Å². The van der Waals surface area contributed by atoms with Crippen LogP contribution >= 0.6 is 0 Å². The van der Waals surface area contributed by atoms with E-state index in [2.05, 4.69) is 49.0 Å². The first kappa shape index (κ1) is 24.0. The van der Waals surface area contributed by atoms with Crippen molar-refractivity contribution in [2.75, 3.05) is 38.5 Å². The van der Waals surface area contributed by atoms with E-state index in [4.69, 9.17) is 5.41 Å². The average Bonchev–Trinajstić information content (AvgIpc) is 3.32. The van der Waals surface area contributed by atoms with Gasteiger partial charge in [-0.2, -0.15) is 0 Å². The second-order valence-corrected chi connectivity index (χ2v) is 8.26. The summed E-state index contributed by atoms with van der Waals surface area (Å²) in [6.07, 6.45) is 9.07. The molecule has 1 amide bonds. The third kappa shape index (κ3) is 6.69. The number of hydrogen-bond donors (Lipinski definition) is 3. The fraction of sp³-hybridized carbons (Fsp3) is 0.231. The van der Waals surface area contributed by atoms with Crippen molar-refractivity contribution >= 4 is 23.9 Å². The number of amides is 1. The number of hydrogen-bond acceptors (Lipinski definition) is 6. The highest BCUT2D eigenvalue weighted by Gasteiger charge is 2.17. The second-order valence-electron chi connectivity index (χ2n) is 8.26. The fourth-order valence-electron chi connectivity index (χ4n) is 3.61. The number of nitrogens with one attached hydrogen (secondary N) is 3. The average molecular weight is 472 g/mol. The van der Waals surface area contributed by atoms with Gasteiger partial charge in [0.05, 0.1) is 18.1 Å². The Balaban J connectivity index is 1.39. The molecule has 35 heavy (non-hydrogen) atoms. The molecular formula is C26H26FN7O. The number of benzene rings is 1. The number of likely N-dealkylation sites (N-methyl/N-ethyl adjacent to an activating group) is 1. The minimum atomic E-state index is -0.418. The minimum absolute atomic E-state index is 0.240. The van der Waals surface area contributed by atoms with Gasteiger partial charge in [-0.25, -0.2) is 9.37 Å². The van der Waals surface area contributed by atoms with Crippen molar-refractivity contribution in [1.29, 1.82) is 5.41 Å². The Morgan fingerprint density at radius 1 is 1.20 bits per heavy atom. The van der Waals surface area contributed by atoms with Gasteiger partial charge >= 0.3 is 0 Å². The number of imidazole rings is 1. The molecule has 2 aromatic heterocycles. The van der Waals surface area contributed by atoms with Crippen LogP contribution in [0.3, 0.4) is 0 Å². The fourth-order valence-corrected chi connectivity index (χ4v) is 3.61. The molecule has 9 heteroatoms. The van der Waals surface area contributed by atoms with Crippen LogP contribution in [0.4, 0.5) is 10.1 Å². The van der Waals surface area contributed by atoms with Crippen LogP contribution in [0.2, 0.25) is 0 Å². The predicted octanol–water partition coefficient (Wildman–Crippen LogP) is 3.01.